The van der Waals surface area contributed by atoms with Crippen LogP contribution < -0.4 is 10.2 Å². The summed E-state index contributed by atoms with van der Waals surface area (Å²) in [5, 5.41) is 10.1. The van der Waals surface area contributed by atoms with Crippen LogP contribution in [0.3, 0.4) is 0 Å². The van der Waals surface area contributed by atoms with Gasteiger partial charge in [-0.1, -0.05) is 47.1 Å². The highest BCUT2D eigenvalue weighted by atomic mass is 32.1. The zero-order valence-corrected chi connectivity index (χ0v) is 19.9. The lowest BCUT2D eigenvalue weighted by Gasteiger charge is -2.37. The first-order chi connectivity index (χ1) is 15.9. The van der Waals surface area contributed by atoms with Gasteiger partial charge in [0.1, 0.15) is 5.82 Å². The van der Waals surface area contributed by atoms with E-state index in [1.54, 1.807) is 24.3 Å². The lowest BCUT2D eigenvalue weighted by atomic mass is 9.94. The molecule has 1 N–H and O–H groups in total. The van der Waals surface area contributed by atoms with Crippen molar-refractivity contribution >= 4 is 39.9 Å². The van der Waals surface area contributed by atoms with Gasteiger partial charge in [-0.2, -0.15) is 4.98 Å². The van der Waals surface area contributed by atoms with E-state index in [9.17, 15) is 4.39 Å². The SMILES string of the molecule is CC1=C(c2nc(-c3cccs3)no2)C(c2ccc(C)cc2)NC(=S)N1c1ccc(C)c(F)c1. The van der Waals surface area contributed by atoms with Crippen molar-refractivity contribution in [2.75, 3.05) is 4.90 Å². The summed E-state index contributed by atoms with van der Waals surface area (Å²) in [5.41, 5.74) is 4.98. The molecule has 5 rings (SSSR count). The van der Waals surface area contributed by atoms with Crippen LogP contribution >= 0.6 is 23.6 Å². The number of benzene rings is 2. The molecule has 0 saturated heterocycles. The third-order valence-corrected chi connectivity index (χ3v) is 6.87. The molecule has 0 fully saturated rings. The molecule has 5 nitrogen and oxygen atoms in total. The number of hydrogen-bond donors (Lipinski definition) is 1. The second kappa shape index (κ2) is 8.53. The minimum absolute atomic E-state index is 0.289. The lowest BCUT2D eigenvalue weighted by Crippen LogP contribution is -2.46. The number of thiophene rings is 1. The summed E-state index contributed by atoms with van der Waals surface area (Å²) >= 11 is 7.28. The largest absolute Gasteiger partial charge is 0.351 e. The summed E-state index contributed by atoms with van der Waals surface area (Å²) in [7, 11) is 0. The van der Waals surface area contributed by atoms with E-state index >= 15 is 0 Å². The first kappa shape index (κ1) is 21.5. The van der Waals surface area contributed by atoms with Crippen LogP contribution in [0.5, 0.6) is 0 Å². The third-order valence-electron chi connectivity index (χ3n) is 5.71. The van der Waals surface area contributed by atoms with Gasteiger partial charge in [-0.3, -0.25) is 4.90 Å². The number of rotatable bonds is 4. The van der Waals surface area contributed by atoms with Gasteiger partial charge in [0.15, 0.2) is 5.11 Å². The molecule has 0 bridgehead atoms. The van der Waals surface area contributed by atoms with E-state index in [0.29, 0.717) is 28.1 Å². The molecule has 2 aromatic heterocycles. The van der Waals surface area contributed by atoms with E-state index < -0.39 is 0 Å². The molecule has 1 aliphatic rings. The number of aryl methyl sites for hydroxylation is 2. The quantitative estimate of drug-likeness (QED) is 0.343. The molecule has 8 heteroatoms. The van der Waals surface area contributed by atoms with Crippen molar-refractivity contribution in [2.45, 2.75) is 26.8 Å². The zero-order valence-electron chi connectivity index (χ0n) is 18.3. The molecular formula is C25H21FN4OS2. The van der Waals surface area contributed by atoms with E-state index in [4.69, 9.17) is 21.7 Å². The predicted molar refractivity (Wildman–Crippen MR) is 133 cm³/mol. The van der Waals surface area contributed by atoms with Gasteiger partial charge in [0.25, 0.3) is 5.89 Å². The normalized spacial score (nSPS) is 16.3. The molecule has 166 valence electrons. The van der Waals surface area contributed by atoms with Crippen LogP contribution in [0.4, 0.5) is 10.1 Å². The number of hydrogen-bond acceptors (Lipinski definition) is 5. The Morgan fingerprint density at radius 1 is 1.09 bits per heavy atom. The molecule has 0 amide bonds. The fraction of sp³-hybridized carbons (Fsp3) is 0.160. The Hall–Kier alpha value is -3.36. The molecule has 3 heterocycles. The van der Waals surface area contributed by atoms with E-state index in [-0.39, 0.29) is 11.9 Å². The van der Waals surface area contributed by atoms with Crippen LogP contribution in [0.25, 0.3) is 16.3 Å². The molecule has 33 heavy (non-hydrogen) atoms. The minimum Gasteiger partial charge on any atom is -0.351 e. The third kappa shape index (κ3) is 3.96. The van der Waals surface area contributed by atoms with E-state index in [0.717, 1.165) is 27.3 Å². The van der Waals surface area contributed by atoms with Crippen molar-refractivity contribution in [2.24, 2.45) is 0 Å². The molecular weight excluding hydrogens is 455 g/mol. The molecule has 0 spiro atoms. The Labute approximate surface area is 200 Å². The van der Waals surface area contributed by atoms with Crippen molar-refractivity contribution in [3.8, 4) is 10.7 Å². The number of halogens is 1. The Balaban J connectivity index is 1.67. The number of thiocarbonyl (C=S) groups is 1. The highest BCUT2D eigenvalue weighted by Gasteiger charge is 2.35. The van der Waals surface area contributed by atoms with Gasteiger partial charge in [0, 0.05) is 5.70 Å². The zero-order chi connectivity index (χ0) is 23.1. The summed E-state index contributed by atoms with van der Waals surface area (Å²) in [6, 6.07) is 16.9. The van der Waals surface area contributed by atoms with Gasteiger partial charge < -0.3 is 9.84 Å². The maximum atomic E-state index is 14.4. The molecule has 0 saturated carbocycles. The molecule has 0 radical (unpaired) electrons. The van der Waals surface area contributed by atoms with Crippen molar-refractivity contribution in [1.29, 1.82) is 0 Å². The fourth-order valence-electron chi connectivity index (χ4n) is 3.90. The van der Waals surface area contributed by atoms with E-state index in [1.807, 2.05) is 42.3 Å². The summed E-state index contributed by atoms with van der Waals surface area (Å²) in [6.07, 6.45) is 0. The summed E-state index contributed by atoms with van der Waals surface area (Å²) < 4.78 is 20.1. The summed E-state index contributed by atoms with van der Waals surface area (Å²) in [4.78, 5) is 7.43. The molecule has 1 atom stereocenters. The smallest absolute Gasteiger partial charge is 0.258 e. The average Bonchev–Trinajstić information content (AvgIpc) is 3.48. The number of anilines is 1. The second-order valence-corrected chi connectivity index (χ2v) is 9.30. The Kier molecular flexibility index (Phi) is 5.55. The topological polar surface area (TPSA) is 54.2 Å². The number of nitrogens with one attached hydrogen (secondary N) is 1. The first-order valence-electron chi connectivity index (χ1n) is 10.4. The molecule has 2 aromatic carbocycles. The molecule has 0 aliphatic carbocycles. The van der Waals surface area contributed by atoms with Crippen LogP contribution in [-0.2, 0) is 0 Å². The molecule has 1 unspecified atom stereocenters. The summed E-state index contributed by atoms with van der Waals surface area (Å²) in [6.45, 7) is 5.72. The van der Waals surface area contributed by atoms with Crippen molar-refractivity contribution in [1.82, 2.24) is 15.5 Å². The van der Waals surface area contributed by atoms with Crippen LogP contribution in [-0.4, -0.2) is 15.3 Å². The highest BCUT2D eigenvalue weighted by molar-refractivity contribution is 7.80. The fourth-order valence-corrected chi connectivity index (χ4v) is 4.91. The van der Waals surface area contributed by atoms with Crippen LogP contribution in [0.1, 0.15) is 35.5 Å². The van der Waals surface area contributed by atoms with E-state index in [1.165, 1.54) is 6.07 Å². The van der Waals surface area contributed by atoms with Gasteiger partial charge in [-0.05, 0) is 67.7 Å². The summed E-state index contributed by atoms with van der Waals surface area (Å²) in [5.74, 6) is 0.640. The Morgan fingerprint density at radius 2 is 1.88 bits per heavy atom. The maximum absolute atomic E-state index is 14.4. The van der Waals surface area contributed by atoms with Crippen molar-refractivity contribution in [3.63, 3.8) is 0 Å². The van der Waals surface area contributed by atoms with Gasteiger partial charge in [-0.25, -0.2) is 4.39 Å². The minimum atomic E-state index is -0.290. The second-order valence-electron chi connectivity index (χ2n) is 7.96. The van der Waals surface area contributed by atoms with Crippen LogP contribution in [0, 0.1) is 19.7 Å². The maximum Gasteiger partial charge on any atom is 0.258 e. The standard InChI is InChI=1S/C25H21FN4OS2/c1-14-6-9-17(10-7-14)22-21(24-28-23(29-31-24)20-5-4-12-33-20)16(3)30(25(32)27-22)18-11-8-15(2)19(26)13-18/h4-13,22H,1-3H3,(H,27,32). The highest BCUT2D eigenvalue weighted by Crippen LogP contribution is 2.39. The average molecular weight is 477 g/mol. The van der Waals surface area contributed by atoms with Gasteiger partial charge in [-0.15, -0.1) is 11.3 Å². The molecule has 1 aliphatic heterocycles. The Bertz CT molecular complexity index is 1360. The van der Waals surface area contributed by atoms with Crippen molar-refractivity contribution in [3.05, 3.63) is 94.1 Å². The van der Waals surface area contributed by atoms with Crippen LogP contribution in [0.15, 0.2) is 70.2 Å². The monoisotopic (exact) mass is 476 g/mol. The van der Waals surface area contributed by atoms with Gasteiger partial charge in [0.2, 0.25) is 5.82 Å². The number of allylic oxidation sites excluding steroid dienone is 1. The number of nitrogens with zero attached hydrogens (tertiary/aromatic N) is 3. The lowest BCUT2D eigenvalue weighted by molar-refractivity contribution is 0.404. The predicted octanol–water partition coefficient (Wildman–Crippen LogP) is 6.42. The van der Waals surface area contributed by atoms with E-state index in [2.05, 4.69) is 34.7 Å². The molecule has 4 aromatic rings. The van der Waals surface area contributed by atoms with Gasteiger partial charge in [0.05, 0.1) is 22.2 Å². The van der Waals surface area contributed by atoms with Crippen molar-refractivity contribution < 1.29 is 8.91 Å². The van der Waals surface area contributed by atoms with Crippen LogP contribution in [0.2, 0.25) is 0 Å². The Morgan fingerprint density at radius 3 is 2.58 bits per heavy atom. The number of aromatic nitrogens is 2. The van der Waals surface area contributed by atoms with Gasteiger partial charge >= 0.3 is 0 Å². The first-order valence-corrected chi connectivity index (χ1v) is 11.7.